The van der Waals surface area contributed by atoms with Crippen molar-refractivity contribution in [3.05, 3.63) is 0 Å². The predicted octanol–water partition coefficient (Wildman–Crippen LogP) is -0.229. The zero-order valence-corrected chi connectivity index (χ0v) is 10.7. The third-order valence-electron chi connectivity index (χ3n) is 3.67. The summed E-state index contributed by atoms with van der Waals surface area (Å²) in [6, 6.07) is -0.285. The van der Waals surface area contributed by atoms with E-state index in [1.165, 1.54) is 0 Å². The number of aliphatic carboxylic acids is 1. The van der Waals surface area contributed by atoms with Crippen LogP contribution in [0.1, 0.15) is 25.7 Å². The summed E-state index contributed by atoms with van der Waals surface area (Å²) >= 11 is 0. The van der Waals surface area contributed by atoms with E-state index in [1.54, 1.807) is 4.90 Å². The number of carbonyl (C=O) groups is 3. The molecule has 1 unspecified atom stereocenters. The van der Waals surface area contributed by atoms with E-state index in [1.807, 2.05) is 0 Å². The van der Waals surface area contributed by atoms with Crippen LogP contribution in [-0.4, -0.2) is 53.6 Å². The highest BCUT2D eigenvalue weighted by Gasteiger charge is 2.28. The van der Waals surface area contributed by atoms with Crippen molar-refractivity contribution in [2.75, 3.05) is 19.6 Å². The van der Waals surface area contributed by atoms with Crippen LogP contribution in [0.15, 0.2) is 0 Å². The van der Waals surface area contributed by atoms with Gasteiger partial charge >= 0.3 is 12.0 Å². The fraction of sp³-hybridized carbons (Fsp3) is 0.750. The zero-order valence-electron chi connectivity index (χ0n) is 10.7. The van der Waals surface area contributed by atoms with Crippen molar-refractivity contribution in [3.63, 3.8) is 0 Å². The van der Waals surface area contributed by atoms with Crippen molar-refractivity contribution >= 4 is 17.9 Å². The molecular weight excluding hydrogens is 250 g/mol. The number of hydrogen-bond donors (Lipinski definition) is 3. The first-order chi connectivity index (χ1) is 9.04. The standard InChI is InChI=1S/C12H19N3O4/c16-10-6-9(7-13-10)14-12(19)15-3-1-8(2-4-15)5-11(17)18/h8-9H,1-7H2,(H,13,16)(H,14,19)(H,17,18). The molecule has 2 saturated heterocycles. The van der Waals surface area contributed by atoms with Gasteiger partial charge < -0.3 is 20.6 Å². The molecule has 2 aliphatic heterocycles. The molecule has 3 N–H and O–H groups in total. The molecule has 0 aromatic carbocycles. The van der Waals surface area contributed by atoms with Gasteiger partial charge in [0.25, 0.3) is 0 Å². The SMILES string of the molecule is O=C(O)CC1CCN(C(=O)NC2CNC(=O)C2)CC1. The highest BCUT2D eigenvalue weighted by molar-refractivity contribution is 5.81. The van der Waals surface area contributed by atoms with E-state index < -0.39 is 5.97 Å². The molecule has 0 radical (unpaired) electrons. The molecule has 0 aromatic heterocycles. The first-order valence-electron chi connectivity index (χ1n) is 6.58. The second kappa shape index (κ2) is 5.90. The Morgan fingerprint density at radius 1 is 1.37 bits per heavy atom. The predicted molar refractivity (Wildman–Crippen MR) is 66.5 cm³/mol. The molecule has 2 fully saturated rings. The van der Waals surface area contributed by atoms with Crippen molar-refractivity contribution < 1.29 is 19.5 Å². The molecule has 7 heteroatoms. The third-order valence-corrected chi connectivity index (χ3v) is 3.67. The zero-order chi connectivity index (χ0) is 13.8. The minimum atomic E-state index is -0.779. The molecule has 106 valence electrons. The summed E-state index contributed by atoms with van der Waals surface area (Å²) in [6.07, 6.45) is 1.96. The molecule has 0 spiro atoms. The van der Waals surface area contributed by atoms with Gasteiger partial charge in [0.15, 0.2) is 0 Å². The number of likely N-dealkylation sites (tertiary alicyclic amines) is 1. The minimum absolute atomic E-state index is 0.0366. The summed E-state index contributed by atoms with van der Waals surface area (Å²) in [5.74, 6) is -0.653. The second-order valence-electron chi connectivity index (χ2n) is 5.18. The van der Waals surface area contributed by atoms with Gasteiger partial charge in [0.2, 0.25) is 5.91 Å². The lowest BCUT2D eigenvalue weighted by Crippen LogP contribution is -2.48. The molecule has 19 heavy (non-hydrogen) atoms. The molecular formula is C12H19N3O4. The number of rotatable bonds is 3. The molecule has 2 aliphatic rings. The van der Waals surface area contributed by atoms with Crippen LogP contribution in [0, 0.1) is 5.92 Å². The van der Waals surface area contributed by atoms with Gasteiger partial charge in [-0.15, -0.1) is 0 Å². The van der Waals surface area contributed by atoms with Crippen LogP contribution in [0.2, 0.25) is 0 Å². The van der Waals surface area contributed by atoms with E-state index in [0.29, 0.717) is 26.1 Å². The maximum absolute atomic E-state index is 11.9. The van der Waals surface area contributed by atoms with Crippen molar-refractivity contribution in [3.8, 4) is 0 Å². The van der Waals surface area contributed by atoms with E-state index in [0.717, 1.165) is 12.8 Å². The first-order valence-corrected chi connectivity index (χ1v) is 6.58. The van der Waals surface area contributed by atoms with Crippen LogP contribution in [0.5, 0.6) is 0 Å². The Kier molecular flexibility index (Phi) is 4.24. The highest BCUT2D eigenvalue weighted by Crippen LogP contribution is 2.20. The lowest BCUT2D eigenvalue weighted by atomic mass is 9.94. The van der Waals surface area contributed by atoms with Gasteiger partial charge in [-0.1, -0.05) is 0 Å². The summed E-state index contributed by atoms with van der Waals surface area (Å²) < 4.78 is 0. The van der Waals surface area contributed by atoms with Crippen molar-refractivity contribution in [2.45, 2.75) is 31.7 Å². The smallest absolute Gasteiger partial charge is 0.317 e. The van der Waals surface area contributed by atoms with E-state index >= 15 is 0 Å². The van der Waals surface area contributed by atoms with Crippen LogP contribution in [-0.2, 0) is 9.59 Å². The Balaban J connectivity index is 1.73. The van der Waals surface area contributed by atoms with Crippen LogP contribution < -0.4 is 10.6 Å². The second-order valence-corrected chi connectivity index (χ2v) is 5.18. The van der Waals surface area contributed by atoms with Crippen LogP contribution in [0.3, 0.4) is 0 Å². The van der Waals surface area contributed by atoms with Crippen molar-refractivity contribution in [1.82, 2.24) is 15.5 Å². The number of amides is 3. The molecule has 1 atom stereocenters. The fourth-order valence-electron chi connectivity index (χ4n) is 2.56. The topological polar surface area (TPSA) is 98.7 Å². The Bertz CT molecular complexity index is 377. The summed E-state index contributed by atoms with van der Waals surface area (Å²) in [7, 11) is 0. The molecule has 2 heterocycles. The van der Waals surface area contributed by atoms with Crippen molar-refractivity contribution in [1.29, 1.82) is 0 Å². The summed E-state index contributed by atoms with van der Waals surface area (Å²) in [4.78, 5) is 35.3. The number of nitrogens with zero attached hydrogens (tertiary/aromatic N) is 1. The van der Waals surface area contributed by atoms with Gasteiger partial charge in [-0.05, 0) is 18.8 Å². The third kappa shape index (κ3) is 3.84. The normalized spacial score (nSPS) is 24.1. The number of hydrogen-bond acceptors (Lipinski definition) is 3. The van der Waals surface area contributed by atoms with Crippen LogP contribution in [0.25, 0.3) is 0 Å². The molecule has 0 aromatic rings. The van der Waals surface area contributed by atoms with Gasteiger partial charge in [0.1, 0.15) is 0 Å². The van der Waals surface area contributed by atoms with E-state index in [9.17, 15) is 14.4 Å². The maximum Gasteiger partial charge on any atom is 0.317 e. The molecule has 3 amide bonds. The Morgan fingerprint density at radius 2 is 2.05 bits per heavy atom. The summed E-state index contributed by atoms with van der Waals surface area (Å²) in [5.41, 5.74) is 0. The number of nitrogens with one attached hydrogen (secondary N) is 2. The lowest BCUT2D eigenvalue weighted by Gasteiger charge is -2.32. The number of piperidine rings is 1. The average Bonchev–Trinajstić information content (AvgIpc) is 2.75. The quantitative estimate of drug-likeness (QED) is 0.659. The van der Waals surface area contributed by atoms with Gasteiger partial charge in [0, 0.05) is 32.5 Å². The number of urea groups is 1. The van der Waals surface area contributed by atoms with Gasteiger partial charge in [-0.2, -0.15) is 0 Å². The van der Waals surface area contributed by atoms with Crippen LogP contribution >= 0.6 is 0 Å². The Labute approximate surface area is 111 Å². The summed E-state index contributed by atoms with van der Waals surface area (Å²) in [5, 5.41) is 14.2. The van der Waals surface area contributed by atoms with Gasteiger partial charge in [0.05, 0.1) is 6.04 Å². The molecule has 0 bridgehead atoms. The van der Waals surface area contributed by atoms with Gasteiger partial charge in [-0.3, -0.25) is 9.59 Å². The van der Waals surface area contributed by atoms with Crippen LogP contribution in [0.4, 0.5) is 4.79 Å². The number of carboxylic acid groups (broad SMARTS) is 1. The maximum atomic E-state index is 11.9. The molecule has 0 saturated carbocycles. The lowest BCUT2D eigenvalue weighted by molar-refractivity contribution is -0.138. The number of carbonyl (C=O) groups excluding carboxylic acids is 2. The monoisotopic (exact) mass is 269 g/mol. The first kappa shape index (κ1) is 13.6. The summed E-state index contributed by atoms with van der Waals surface area (Å²) in [6.45, 7) is 1.65. The van der Waals surface area contributed by atoms with E-state index in [2.05, 4.69) is 10.6 Å². The van der Waals surface area contributed by atoms with E-state index in [-0.39, 0.29) is 30.3 Å². The Morgan fingerprint density at radius 3 is 2.58 bits per heavy atom. The molecule has 7 nitrogen and oxygen atoms in total. The fourth-order valence-corrected chi connectivity index (χ4v) is 2.56. The Hall–Kier alpha value is -1.79. The molecule has 2 rings (SSSR count). The van der Waals surface area contributed by atoms with Crippen molar-refractivity contribution in [2.24, 2.45) is 5.92 Å². The van der Waals surface area contributed by atoms with Gasteiger partial charge in [-0.25, -0.2) is 4.79 Å². The average molecular weight is 269 g/mol. The highest BCUT2D eigenvalue weighted by atomic mass is 16.4. The van der Waals surface area contributed by atoms with E-state index in [4.69, 9.17) is 5.11 Å². The molecule has 0 aliphatic carbocycles. The minimum Gasteiger partial charge on any atom is -0.481 e. The largest absolute Gasteiger partial charge is 0.481 e. The number of carboxylic acids is 1.